The molecule has 0 aliphatic carbocycles. The Balaban J connectivity index is 1.55. The number of thiocarbonyl (C=S) groups is 1. The van der Waals surface area contributed by atoms with Crippen molar-refractivity contribution in [2.45, 2.75) is 6.42 Å². The van der Waals surface area contributed by atoms with E-state index in [1.165, 1.54) is 11.8 Å². The van der Waals surface area contributed by atoms with Crippen LogP contribution in [0.1, 0.15) is 12.0 Å². The highest BCUT2D eigenvalue weighted by Gasteiger charge is 2.23. The second-order valence-corrected chi connectivity index (χ2v) is 9.95. The molecule has 0 radical (unpaired) electrons. The standard InChI is InChI=1S/C23H22Cl2N2O3S2/c24-17-3-4-18(19(25)14-17)15-2-5-20(30-9-1-6-27-7-10-29-11-8-27)16(12-15)13-21-22(28)26-23(31)32-21/h2-5,12-14H,1,6-11H2,(H,26,28,31). The van der Waals surface area contributed by atoms with Gasteiger partial charge < -0.3 is 14.8 Å². The van der Waals surface area contributed by atoms with Crippen LogP contribution in [0.3, 0.4) is 0 Å². The average molecular weight is 509 g/mol. The van der Waals surface area contributed by atoms with Gasteiger partial charge in [0.05, 0.1) is 24.7 Å². The molecule has 0 unspecified atom stereocenters. The van der Waals surface area contributed by atoms with E-state index in [4.69, 9.17) is 44.9 Å². The summed E-state index contributed by atoms with van der Waals surface area (Å²) in [5.74, 6) is 0.507. The van der Waals surface area contributed by atoms with Crippen LogP contribution in [-0.2, 0) is 9.53 Å². The monoisotopic (exact) mass is 508 g/mol. The Hall–Kier alpha value is -1.61. The zero-order valence-corrected chi connectivity index (χ0v) is 20.4. The fraction of sp³-hybridized carbons (Fsp3) is 0.304. The molecule has 2 aliphatic rings. The number of thioether (sulfide) groups is 1. The van der Waals surface area contributed by atoms with Crippen molar-refractivity contribution in [1.82, 2.24) is 10.2 Å². The summed E-state index contributed by atoms with van der Waals surface area (Å²) in [7, 11) is 0. The quantitative estimate of drug-likeness (QED) is 0.313. The average Bonchev–Trinajstić information content (AvgIpc) is 3.09. The number of nitrogens with one attached hydrogen (secondary N) is 1. The Morgan fingerprint density at radius 3 is 2.72 bits per heavy atom. The second-order valence-electron chi connectivity index (χ2n) is 7.39. The molecule has 1 amide bonds. The summed E-state index contributed by atoms with van der Waals surface area (Å²) in [5, 5.41) is 3.79. The zero-order valence-electron chi connectivity index (χ0n) is 17.2. The smallest absolute Gasteiger partial charge is 0.263 e. The highest BCUT2D eigenvalue weighted by Crippen LogP contribution is 2.35. The van der Waals surface area contributed by atoms with Crippen LogP contribution < -0.4 is 10.1 Å². The lowest BCUT2D eigenvalue weighted by Gasteiger charge is -2.26. The van der Waals surface area contributed by atoms with Gasteiger partial charge in [-0.15, -0.1) is 0 Å². The molecule has 1 N–H and O–H groups in total. The van der Waals surface area contributed by atoms with E-state index in [1.54, 1.807) is 12.1 Å². The number of benzene rings is 2. The number of nitrogens with zero attached hydrogens (tertiary/aromatic N) is 1. The van der Waals surface area contributed by atoms with Crippen LogP contribution in [0.15, 0.2) is 41.3 Å². The van der Waals surface area contributed by atoms with Gasteiger partial charge in [-0.1, -0.05) is 59.3 Å². The molecule has 4 rings (SSSR count). The highest BCUT2D eigenvalue weighted by molar-refractivity contribution is 8.26. The molecule has 0 atom stereocenters. The lowest BCUT2D eigenvalue weighted by Crippen LogP contribution is -2.37. The van der Waals surface area contributed by atoms with Gasteiger partial charge in [0.15, 0.2) is 0 Å². The van der Waals surface area contributed by atoms with Gasteiger partial charge in [0.25, 0.3) is 5.91 Å². The molecule has 32 heavy (non-hydrogen) atoms. The van der Waals surface area contributed by atoms with Crippen molar-refractivity contribution < 1.29 is 14.3 Å². The maximum Gasteiger partial charge on any atom is 0.263 e. The van der Waals surface area contributed by atoms with E-state index >= 15 is 0 Å². The lowest BCUT2D eigenvalue weighted by atomic mass is 10.0. The first-order chi connectivity index (χ1) is 15.5. The molecule has 2 saturated heterocycles. The minimum absolute atomic E-state index is 0.201. The summed E-state index contributed by atoms with van der Waals surface area (Å²) in [4.78, 5) is 15.1. The molecule has 2 fully saturated rings. The normalized spacial score (nSPS) is 18.2. The molecule has 0 spiro atoms. The van der Waals surface area contributed by atoms with E-state index in [0.29, 0.717) is 31.6 Å². The predicted molar refractivity (Wildman–Crippen MR) is 136 cm³/mol. The van der Waals surface area contributed by atoms with Crippen molar-refractivity contribution in [3.8, 4) is 16.9 Å². The highest BCUT2D eigenvalue weighted by atomic mass is 35.5. The summed E-state index contributed by atoms with van der Waals surface area (Å²) >= 11 is 18.8. The number of rotatable bonds is 7. The molecular formula is C23H22Cl2N2O3S2. The summed E-state index contributed by atoms with van der Waals surface area (Å²) in [5.41, 5.74) is 2.56. The van der Waals surface area contributed by atoms with Crippen molar-refractivity contribution in [2.24, 2.45) is 0 Å². The molecule has 5 nitrogen and oxygen atoms in total. The van der Waals surface area contributed by atoms with Gasteiger partial charge in [-0.05, 0) is 42.3 Å². The van der Waals surface area contributed by atoms with Crippen molar-refractivity contribution >= 4 is 63.5 Å². The number of halogens is 2. The van der Waals surface area contributed by atoms with Crippen LogP contribution in [0.5, 0.6) is 5.75 Å². The van der Waals surface area contributed by atoms with Crippen molar-refractivity contribution in [3.63, 3.8) is 0 Å². The molecule has 0 aromatic heterocycles. The van der Waals surface area contributed by atoms with E-state index in [9.17, 15) is 4.79 Å². The fourth-order valence-corrected chi connectivity index (χ4v) is 5.09. The first-order valence-electron chi connectivity index (χ1n) is 10.3. The van der Waals surface area contributed by atoms with Crippen LogP contribution in [0, 0.1) is 0 Å². The first kappa shape index (κ1) is 23.5. The Labute approximate surface area is 207 Å². The van der Waals surface area contributed by atoms with Crippen LogP contribution >= 0.6 is 47.2 Å². The molecule has 9 heteroatoms. The van der Waals surface area contributed by atoms with E-state index in [2.05, 4.69) is 10.2 Å². The van der Waals surface area contributed by atoms with Crippen LogP contribution in [0.2, 0.25) is 10.0 Å². The van der Waals surface area contributed by atoms with Gasteiger partial charge in [-0.3, -0.25) is 9.69 Å². The number of hydrogen-bond donors (Lipinski definition) is 1. The van der Waals surface area contributed by atoms with Crippen LogP contribution in [0.25, 0.3) is 17.2 Å². The molecule has 2 heterocycles. The van der Waals surface area contributed by atoms with E-state index < -0.39 is 0 Å². The molecule has 2 aromatic carbocycles. The molecule has 168 valence electrons. The molecule has 0 bridgehead atoms. The lowest BCUT2D eigenvalue weighted by molar-refractivity contribution is -0.115. The largest absolute Gasteiger partial charge is 0.493 e. The topological polar surface area (TPSA) is 50.8 Å². The maximum atomic E-state index is 12.2. The molecule has 2 aromatic rings. The third-order valence-corrected chi connectivity index (χ3v) is 6.87. The van der Waals surface area contributed by atoms with Gasteiger partial charge in [-0.2, -0.15) is 0 Å². The van der Waals surface area contributed by atoms with Gasteiger partial charge in [-0.25, -0.2) is 0 Å². The Kier molecular flexibility index (Phi) is 8.10. The number of hydrogen-bond acceptors (Lipinski definition) is 6. The van der Waals surface area contributed by atoms with Crippen LogP contribution in [-0.4, -0.2) is 54.6 Å². The minimum Gasteiger partial charge on any atom is -0.493 e. The number of carbonyl (C=O) groups is 1. The number of carbonyl (C=O) groups excluding carboxylic acids is 1. The fourth-order valence-electron chi connectivity index (χ4n) is 3.54. The summed E-state index contributed by atoms with van der Waals surface area (Å²) in [6, 6.07) is 11.2. The number of ether oxygens (including phenoxy) is 2. The summed E-state index contributed by atoms with van der Waals surface area (Å²) in [6.07, 6.45) is 2.71. The van der Waals surface area contributed by atoms with Gasteiger partial charge in [0, 0.05) is 40.8 Å². The first-order valence-corrected chi connectivity index (χ1v) is 12.2. The van der Waals surface area contributed by atoms with Gasteiger partial charge >= 0.3 is 0 Å². The van der Waals surface area contributed by atoms with Crippen molar-refractivity contribution in [3.05, 3.63) is 56.9 Å². The third kappa shape index (κ3) is 6.04. The van der Waals surface area contributed by atoms with E-state index in [-0.39, 0.29) is 5.91 Å². The summed E-state index contributed by atoms with van der Waals surface area (Å²) in [6.45, 7) is 5.03. The second kappa shape index (κ2) is 11.0. The Morgan fingerprint density at radius 1 is 1.19 bits per heavy atom. The Bertz CT molecular complexity index is 1060. The summed E-state index contributed by atoms with van der Waals surface area (Å²) < 4.78 is 12.0. The maximum absolute atomic E-state index is 12.2. The Morgan fingerprint density at radius 2 is 2.00 bits per heavy atom. The third-order valence-electron chi connectivity index (χ3n) is 5.16. The van der Waals surface area contributed by atoms with Crippen molar-refractivity contribution in [1.29, 1.82) is 0 Å². The SMILES string of the molecule is O=C1NC(=S)SC1=Cc1cc(-c2ccc(Cl)cc2Cl)ccc1OCCCN1CCOCC1. The molecular weight excluding hydrogens is 487 g/mol. The van der Waals surface area contributed by atoms with E-state index in [1.807, 2.05) is 30.3 Å². The molecule has 2 aliphatic heterocycles. The van der Waals surface area contributed by atoms with Gasteiger partial charge in [0.2, 0.25) is 0 Å². The van der Waals surface area contributed by atoms with Crippen LogP contribution in [0.4, 0.5) is 0 Å². The minimum atomic E-state index is -0.201. The van der Waals surface area contributed by atoms with Gasteiger partial charge in [0.1, 0.15) is 10.1 Å². The number of amides is 1. The van der Waals surface area contributed by atoms with Crippen molar-refractivity contribution in [2.75, 3.05) is 39.5 Å². The zero-order chi connectivity index (χ0) is 22.5. The van der Waals surface area contributed by atoms with E-state index in [0.717, 1.165) is 56.0 Å². The predicted octanol–water partition coefficient (Wildman–Crippen LogP) is 5.25. The number of morpholine rings is 1. The molecule has 0 saturated carbocycles.